The van der Waals surface area contributed by atoms with E-state index in [1.807, 2.05) is 24.3 Å². The molecule has 0 spiro atoms. The molecule has 0 atom stereocenters. The number of ether oxygens (including phenoxy) is 1. The van der Waals surface area contributed by atoms with Crippen LogP contribution in [0.4, 0.5) is 5.69 Å². The molecule has 0 aliphatic heterocycles. The number of esters is 1. The number of nitriles is 1. The Balaban J connectivity index is 2.16. The fourth-order valence-electron chi connectivity index (χ4n) is 1.72. The van der Waals surface area contributed by atoms with E-state index in [1.165, 1.54) is 6.20 Å². The van der Waals surface area contributed by atoms with Crippen molar-refractivity contribution in [1.29, 1.82) is 5.26 Å². The van der Waals surface area contributed by atoms with Crippen LogP contribution in [0.5, 0.6) is 0 Å². The first kappa shape index (κ1) is 18.7. The highest BCUT2D eigenvalue weighted by atomic mass is 79.9. The van der Waals surface area contributed by atoms with E-state index in [9.17, 15) is 4.79 Å². The molecule has 2 aromatic rings. The lowest BCUT2D eigenvalue weighted by Crippen LogP contribution is -2.07. The third-order valence-electron chi connectivity index (χ3n) is 2.85. The van der Waals surface area contributed by atoms with Gasteiger partial charge in [0, 0.05) is 11.9 Å². The number of hydrogen-bond acceptors (Lipinski definition) is 5. The van der Waals surface area contributed by atoms with Crippen LogP contribution in [0.15, 0.2) is 49.7 Å². The topological polar surface area (TPSA) is 79.9 Å². The van der Waals surface area contributed by atoms with Crippen molar-refractivity contribution in [2.75, 3.05) is 11.9 Å². The average Bonchev–Trinajstić information content (AvgIpc) is 2.84. The number of hydrogen-bond donors (Lipinski definition) is 1. The van der Waals surface area contributed by atoms with Gasteiger partial charge in [-0.1, -0.05) is 0 Å². The number of nitrogens with one attached hydrogen (secondary N) is 1. The smallest absolute Gasteiger partial charge is 0.350 e. The molecule has 1 aromatic heterocycles. The molecule has 0 radical (unpaired) electrons. The number of carbonyl (C=O) groups excluding carboxylic acids is 1. The van der Waals surface area contributed by atoms with E-state index >= 15 is 0 Å². The summed E-state index contributed by atoms with van der Waals surface area (Å²) < 4.78 is 8.80. The summed E-state index contributed by atoms with van der Waals surface area (Å²) in [4.78, 5) is 11.5. The quantitative estimate of drug-likeness (QED) is 0.357. The molecule has 9 heteroatoms. The van der Waals surface area contributed by atoms with Gasteiger partial charge in [0.1, 0.15) is 15.3 Å². The molecule has 0 fully saturated rings. The number of halogens is 3. The first-order valence-corrected chi connectivity index (χ1v) is 9.09. The number of anilines is 1. The number of carbonyl (C=O) groups is 1. The summed E-state index contributed by atoms with van der Waals surface area (Å²) in [5.41, 5.74) is 1.47. The molecule has 0 saturated heterocycles. The van der Waals surface area contributed by atoms with Crippen molar-refractivity contribution in [3.05, 3.63) is 49.7 Å². The molecule has 0 aliphatic carbocycles. The lowest BCUT2D eigenvalue weighted by molar-refractivity contribution is -0.138. The largest absolute Gasteiger partial charge is 0.462 e. The maximum atomic E-state index is 11.5. The van der Waals surface area contributed by atoms with Crippen molar-refractivity contribution in [3.63, 3.8) is 0 Å². The highest BCUT2D eigenvalue weighted by Crippen LogP contribution is 2.32. The second-order valence-electron chi connectivity index (χ2n) is 4.39. The van der Waals surface area contributed by atoms with Gasteiger partial charge < -0.3 is 10.1 Å². The molecule has 0 saturated carbocycles. The van der Waals surface area contributed by atoms with Gasteiger partial charge in [-0.2, -0.15) is 10.4 Å². The molecular formula is C15H11Br3N4O2. The fourth-order valence-corrected chi connectivity index (χ4v) is 3.06. The van der Waals surface area contributed by atoms with Gasteiger partial charge in [0.25, 0.3) is 0 Å². The molecule has 1 heterocycles. The summed E-state index contributed by atoms with van der Waals surface area (Å²) in [5, 5.41) is 16.2. The molecule has 2 rings (SSSR count). The summed E-state index contributed by atoms with van der Waals surface area (Å²) in [7, 11) is 0. The normalized spacial score (nSPS) is 11.0. The second-order valence-corrected chi connectivity index (χ2v) is 6.68. The van der Waals surface area contributed by atoms with Crippen LogP contribution in [-0.2, 0) is 9.53 Å². The molecule has 0 bridgehead atoms. The van der Waals surface area contributed by atoms with E-state index in [2.05, 4.69) is 58.2 Å². The van der Waals surface area contributed by atoms with Crippen molar-refractivity contribution in [1.82, 2.24) is 9.78 Å². The summed E-state index contributed by atoms with van der Waals surface area (Å²) in [6, 6.07) is 9.12. The molecule has 0 amide bonds. The van der Waals surface area contributed by atoms with Crippen molar-refractivity contribution in [3.8, 4) is 11.8 Å². The third-order valence-corrected chi connectivity index (χ3v) is 5.95. The van der Waals surface area contributed by atoms with Crippen molar-refractivity contribution < 1.29 is 9.53 Å². The maximum absolute atomic E-state index is 11.5. The minimum atomic E-state index is -0.653. The van der Waals surface area contributed by atoms with Crippen molar-refractivity contribution in [2.24, 2.45) is 0 Å². The van der Waals surface area contributed by atoms with E-state index < -0.39 is 5.97 Å². The van der Waals surface area contributed by atoms with Crippen LogP contribution in [-0.4, -0.2) is 22.4 Å². The van der Waals surface area contributed by atoms with Crippen LogP contribution in [0.2, 0.25) is 0 Å². The molecule has 124 valence electrons. The van der Waals surface area contributed by atoms with Gasteiger partial charge >= 0.3 is 5.97 Å². The number of rotatable bonds is 5. The zero-order valence-corrected chi connectivity index (χ0v) is 17.1. The van der Waals surface area contributed by atoms with E-state index in [-0.39, 0.29) is 12.2 Å². The second kappa shape index (κ2) is 8.46. The predicted molar refractivity (Wildman–Crippen MR) is 101 cm³/mol. The minimum Gasteiger partial charge on any atom is -0.462 e. The fraction of sp³-hybridized carbons (Fsp3) is 0.133. The predicted octanol–water partition coefficient (Wildman–Crippen LogP) is 4.54. The molecule has 1 aromatic carbocycles. The highest BCUT2D eigenvalue weighted by molar-refractivity contribution is 9.14. The summed E-state index contributed by atoms with van der Waals surface area (Å²) >= 11 is 10.2. The lowest BCUT2D eigenvalue weighted by atomic mass is 10.2. The van der Waals surface area contributed by atoms with Gasteiger partial charge in [-0.15, -0.1) is 0 Å². The lowest BCUT2D eigenvalue weighted by Gasteiger charge is -2.06. The Morgan fingerprint density at radius 1 is 1.38 bits per heavy atom. The van der Waals surface area contributed by atoms with Gasteiger partial charge in [-0.05, 0) is 79.0 Å². The van der Waals surface area contributed by atoms with Crippen LogP contribution in [0, 0.1) is 11.3 Å². The van der Waals surface area contributed by atoms with Gasteiger partial charge in [0.15, 0.2) is 5.57 Å². The Kier molecular flexibility index (Phi) is 6.60. The Labute approximate surface area is 163 Å². The monoisotopic (exact) mass is 516 g/mol. The number of benzene rings is 1. The van der Waals surface area contributed by atoms with Crippen molar-refractivity contribution >= 4 is 59.4 Å². The van der Waals surface area contributed by atoms with Crippen LogP contribution in [0.1, 0.15) is 6.92 Å². The summed E-state index contributed by atoms with van der Waals surface area (Å²) in [5.74, 6) is -0.653. The first-order valence-electron chi connectivity index (χ1n) is 6.71. The van der Waals surface area contributed by atoms with Crippen LogP contribution < -0.4 is 5.32 Å². The Hall–Kier alpha value is -1.63. The van der Waals surface area contributed by atoms with Crippen molar-refractivity contribution in [2.45, 2.75) is 6.92 Å². The zero-order valence-electron chi connectivity index (χ0n) is 12.4. The Bertz CT molecular complexity index is 822. The molecule has 0 unspecified atom stereocenters. The Morgan fingerprint density at radius 2 is 2.04 bits per heavy atom. The number of aromatic nitrogens is 2. The molecule has 24 heavy (non-hydrogen) atoms. The van der Waals surface area contributed by atoms with Crippen LogP contribution >= 0.6 is 47.8 Å². The van der Waals surface area contributed by atoms with Gasteiger partial charge in [-0.25, -0.2) is 9.48 Å². The maximum Gasteiger partial charge on any atom is 0.350 e. The van der Waals surface area contributed by atoms with Gasteiger partial charge in [-0.3, -0.25) is 0 Å². The SMILES string of the molecule is CCOC(=O)/C(C#N)=C/Nc1ccc(-n2nc(Br)c(Br)c2Br)cc1. The standard InChI is InChI=1S/C15H11Br3N4O2/c1-2-24-15(23)9(7-19)8-20-10-3-5-11(6-4-10)22-14(18)12(16)13(17)21-22/h3-6,8,20H,2H2,1H3/b9-8+. The molecule has 6 nitrogen and oxygen atoms in total. The Morgan fingerprint density at radius 3 is 2.54 bits per heavy atom. The van der Waals surface area contributed by atoms with E-state index in [4.69, 9.17) is 10.00 Å². The van der Waals surface area contributed by atoms with E-state index in [1.54, 1.807) is 17.7 Å². The summed E-state index contributed by atoms with van der Waals surface area (Å²) in [6.07, 6.45) is 1.32. The zero-order chi connectivity index (χ0) is 17.7. The van der Waals surface area contributed by atoms with E-state index in [0.717, 1.165) is 20.5 Å². The number of nitrogens with zero attached hydrogens (tertiary/aromatic N) is 3. The van der Waals surface area contributed by atoms with E-state index in [0.29, 0.717) is 4.60 Å². The van der Waals surface area contributed by atoms with Crippen LogP contribution in [0.25, 0.3) is 5.69 Å². The van der Waals surface area contributed by atoms with Gasteiger partial charge in [0.05, 0.1) is 16.8 Å². The molecule has 1 N–H and O–H groups in total. The minimum absolute atomic E-state index is 0.0939. The third kappa shape index (κ3) is 4.26. The first-order chi connectivity index (χ1) is 11.5. The van der Waals surface area contributed by atoms with Gasteiger partial charge in [0.2, 0.25) is 0 Å². The summed E-state index contributed by atoms with van der Waals surface area (Å²) in [6.45, 7) is 1.90. The molecule has 0 aliphatic rings. The van der Waals surface area contributed by atoms with Crippen LogP contribution in [0.3, 0.4) is 0 Å². The highest BCUT2D eigenvalue weighted by Gasteiger charge is 2.13. The average molecular weight is 519 g/mol. The molecular weight excluding hydrogens is 508 g/mol.